The molecule has 7 nitrogen and oxygen atoms in total. The van der Waals surface area contributed by atoms with Crippen LogP contribution in [0.25, 0.3) is 10.6 Å². The first-order valence-electron chi connectivity index (χ1n) is 12.3. The molecule has 2 aromatic carbocycles. The van der Waals surface area contributed by atoms with Crippen molar-refractivity contribution in [3.8, 4) is 10.6 Å². The number of benzene rings is 2. The predicted octanol–water partition coefficient (Wildman–Crippen LogP) is 5.18. The molecule has 1 saturated heterocycles. The highest BCUT2D eigenvalue weighted by Crippen LogP contribution is 2.41. The molecule has 0 saturated carbocycles. The fourth-order valence-electron chi connectivity index (χ4n) is 4.83. The maximum Gasteiger partial charge on any atom is 0.290 e. The minimum absolute atomic E-state index is 0.116. The van der Waals surface area contributed by atoms with E-state index in [0.717, 1.165) is 46.7 Å². The fraction of sp³-hybridized carbons (Fsp3) is 0.321. The third kappa shape index (κ3) is 5.40. The zero-order valence-corrected chi connectivity index (χ0v) is 22.9. The number of morpholine rings is 1. The van der Waals surface area contributed by atoms with Gasteiger partial charge in [-0.25, -0.2) is 4.98 Å². The van der Waals surface area contributed by atoms with Crippen LogP contribution in [-0.4, -0.2) is 71.0 Å². The summed E-state index contributed by atoms with van der Waals surface area (Å²) in [5.74, 6) is -1.34. The molecule has 9 heteroatoms. The van der Waals surface area contributed by atoms with Crippen LogP contribution in [0, 0.1) is 6.92 Å². The van der Waals surface area contributed by atoms with Gasteiger partial charge in [0.25, 0.3) is 5.91 Å². The Kier molecular flexibility index (Phi) is 7.85. The van der Waals surface area contributed by atoms with Crippen LogP contribution in [-0.2, 0) is 9.53 Å². The van der Waals surface area contributed by atoms with Crippen LogP contribution in [0.4, 0.5) is 0 Å². The number of carbonyl (C=O) groups is 2. The molecule has 3 heterocycles. The molecule has 0 bridgehead atoms. The van der Waals surface area contributed by atoms with Crippen LogP contribution in [0.3, 0.4) is 0 Å². The molecule has 0 radical (unpaired) electrons. The van der Waals surface area contributed by atoms with Crippen LogP contribution < -0.4 is 0 Å². The molecule has 0 spiro atoms. The van der Waals surface area contributed by atoms with Crippen LogP contribution in [0.15, 0.2) is 70.4 Å². The average Bonchev–Trinajstić information content (AvgIpc) is 3.43. The molecule has 1 unspecified atom stereocenters. The lowest BCUT2D eigenvalue weighted by atomic mass is 9.95. The molecule has 3 aromatic rings. The van der Waals surface area contributed by atoms with E-state index in [-0.39, 0.29) is 11.4 Å². The molecule has 1 fully saturated rings. The Morgan fingerprint density at radius 1 is 1.11 bits per heavy atom. The van der Waals surface area contributed by atoms with Gasteiger partial charge >= 0.3 is 0 Å². The number of aryl methyl sites for hydroxylation is 1. The van der Waals surface area contributed by atoms with Crippen molar-refractivity contribution >= 4 is 39.0 Å². The van der Waals surface area contributed by atoms with Crippen molar-refractivity contribution in [2.45, 2.75) is 19.4 Å². The Balaban J connectivity index is 1.45. The van der Waals surface area contributed by atoms with Crippen molar-refractivity contribution in [3.05, 3.63) is 86.5 Å². The van der Waals surface area contributed by atoms with Gasteiger partial charge in [-0.3, -0.25) is 14.5 Å². The van der Waals surface area contributed by atoms with Crippen molar-refractivity contribution in [2.75, 3.05) is 39.4 Å². The molecule has 1 amide bonds. The SMILES string of the molecule is Cc1nc(-c2ccccc2)sc1C(=O)C1=C(O)C(=O)N(CCCN2CCOCC2)C1c1ccc(Br)cc1. The van der Waals surface area contributed by atoms with Gasteiger partial charge in [-0.1, -0.05) is 58.4 Å². The summed E-state index contributed by atoms with van der Waals surface area (Å²) in [6.45, 7) is 6.19. The van der Waals surface area contributed by atoms with Crippen molar-refractivity contribution in [1.29, 1.82) is 0 Å². The molecule has 2 aliphatic rings. The van der Waals surface area contributed by atoms with E-state index in [1.165, 1.54) is 11.3 Å². The summed E-state index contributed by atoms with van der Waals surface area (Å²) < 4.78 is 6.32. The Hall–Kier alpha value is -2.85. The zero-order valence-electron chi connectivity index (χ0n) is 20.5. The number of Topliss-reactive ketones (excluding diaryl/α,β-unsaturated/α-hetero) is 1. The lowest BCUT2D eigenvalue weighted by Gasteiger charge is -2.30. The molecular formula is C28H28BrN3O4S. The van der Waals surface area contributed by atoms with E-state index in [4.69, 9.17) is 4.74 Å². The van der Waals surface area contributed by atoms with Gasteiger partial charge in [-0.15, -0.1) is 11.3 Å². The van der Waals surface area contributed by atoms with Crippen LogP contribution in [0.1, 0.15) is 33.4 Å². The minimum atomic E-state index is -0.667. The van der Waals surface area contributed by atoms with Gasteiger partial charge in [0, 0.05) is 36.2 Å². The lowest BCUT2D eigenvalue weighted by Crippen LogP contribution is -2.39. The van der Waals surface area contributed by atoms with Crippen LogP contribution in [0.2, 0.25) is 0 Å². The standard InChI is InChI=1S/C28H28BrN3O4S/c1-18-26(37-27(30-18)20-6-3-2-4-7-20)24(33)22-23(19-8-10-21(29)11-9-19)32(28(35)25(22)34)13-5-12-31-14-16-36-17-15-31/h2-4,6-11,23,34H,5,12-17H2,1H3. The summed E-state index contributed by atoms with van der Waals surface area (Å²) >= 11 is 4.75. The highest BCUT2D eigenvalue weighted by molar-refractivity contribution is 9.10. The molecule has 5 rings (SSSR count). The van der Waals surface area contributed by atoms with Gasteiger partial charge in [0.15, 0.2) is 5.76 Å². The summed E-state index contributed by atoms with van der Waals surface area (Å²) in [5.41, 5.74) is 2.40. The summed E-state index contributed by atoms with van der Waals surface area (Å²) in [6, 6.07) is 16.6. The normalized spacial score (nSPS) is 18.6. The minimum Gasteiger partial charge on any atom is -0.503 e. The predicted molar refractivity (Wildman–Crippen MR) is 147 cm³/mol. The number of aromatic nitrogens is 1. The number of ketones is 1. The van der Waals surface area contributed by atoms with Crippen molar-refractivity contribution in [1.82, 2.24) is 14.8 Å². The number of hydrogen-bond acceptors (Lipinski definition) is 7. The Morgan fingerprint density at radius 3 is 2.51 bits per heavy atom. The van der Waals surface area contributed by atoms with E-state index >= 15 is 0 Å². The second kappa shape index (κ2) is 11.3. The number of aliphatic hydroxyl groups is 1. The molecular weight excluding hydrogens is 554 g/mol. The highest BCUT2D eigenvalue weighted by atomic mass is 79.9. The third-order valence-corrected chi connectivity index (χ3v) is 8.47. The van der Waals surface area contributed by atoms with Crippen molar-refractivity contribution < 1.29 is 19.4 Å². The molecule has 1 aromatic heterocycles. The number of nitrogens with zero attached hydrogens (tertiary/aromatic N) is 3. The average molecular weight is 583 g/mol. The van der Waals surface area contributed by atoms with Gasteiger partial charge in [0.1, 0.15) is 5.01 Å². The van der Waals surface area contributed by atoms with Gasteiger partial charge in [-0.2, -0.15) is 0 Å². The van der Waals surface area contributed by atoms with Gasteiger partial charge in [-0.05, 0) is 31.0 Å². The molecule has 192 valence electrons. The zero-order chi connectivity index (χ0) is 25.9. The molecule has 0 aliphatic carbocycles. The highest BCUT2D eigenvalue weighted by Gasteiger charge is 2.44. The first-order chi connectivity index (χ1) is 17.9. The lowest BCUT2D eigenvalue weighted by molar-refractivity contribution is -0.129. The number of ether oxygens (including phenoxy) is 1. The molecule has 2 aliphatic heterocycles. The number of hydrogen-bond donors (Lipinski definition) is 1. The first-order valence-corrected chi connectivity index (χ1v) is 13.9. The van der Waals surface area contributed by atoms with Crippen molar-refractivity contribution in [2.24, 2.45) is 0 Å². The Morgan fingerprint density at radius 2 is 1.81 bits per heavy atom. The topological polar surface area (TPSA) is 83.0 Å². The van der Waals surface area contributed by atoms with E-state index in [1.807, 2.05) is 54.6 Å². The molecule has 37 heavy (non-hydrogen) atoms. The first kappa shape index (κ1) is 25.8. The third-order valence-electron chi connectivity index (χ3n) is 6.73. The summed E-state index contributed by atoms with van der Waals surface area (Å²) in [4.78, 5) is 36.2. The molecule has 1 atom stereocenters. The number of carbonyl (C=O) groups excluding carboxylic acids is 2. The van der Waals surface area contributed by atoms with Gasteiger partial charge in [0.05, 0.1) is 35.4 Å². The van der Waals surface area contributed by atoms with E-state index < -0.39 is 17.7 Å². The molecule has 1 N–H and O–H groups in total. The quantitative estimate of drug-likeness (QED) is 0.369. The maximum absolute atomic E-state index is 13.9. The van der Waals surface area contributed by atoms with Crippen LogP contribution >= 0.6 is 27.3 Å². The summed E-state index contributed by atoms with van der Waals surface area (Å²) in [5, 5.41) is 11.8. The smallest absolute Gasteiger partial charge is 0.290 e. The van der Waals surface area contributed by atoms with Gasteiger partial charge < -0.3 is 14.7 Å². The Bertz CT molecular complexity index is 1320. The van der Waals surface area contributed by atoms with E-state index in [0.29, 0.717) is 30.3 Å². The van der Waals surface area contributed by atoms with Crippen LogP contribution in [0.5, 0.6) is 0 Å². The monoisotopic (exact) mass is 581 g/mol. The number of halogens is 1. The number of aliphatic hydroxyl groups excluding tert-OH is 1. The Labute approximate surface area is 228 Å². The number of amides is 1. The van der Waals surface area contributed by atoms with E-state index in [1.54, 1.807) is 11.8 Å². The summed E-state index contributed by atoms with van der Waals surface area (Å²) in [6.07, 6.45) is 0.727. The number of rotatable bonds is 8. The second-order valence-electron chi connectivity index (χ2n) is 9.15. The second-order valence-corrected chi connectivity index (χ2v) is 11.1. The largest absolute Gasteiger partial charge is 0.503 e. The fourth-order valence-corrected chi connectivity index (χ4v) is 6.12. The summed E-state index contributed by atoms with van der Waals surface area (Å²) in [7, 11) is 0. The van der Waals surface area contributed by atoms with E-state index in [2.05, 4.69) is 25.8 Å². The van der Waals surface area contributed by atoms with Gasteiger partial charge in [0.2, 0.25) is 5.78 Å². The van der Waals surface area contributed by atoms with Crippen molar-refractivity contribution in [3.63, 3.8) is 0 Å². The number of thiazole rings is 1. The maximum atomic E-state index is 13.9. The van der Waals surface area contributed by atoms with E-state index in [9.17, 15) is 14.7 Å².